The Bertz CT molecular complexity index is 381. The van der Waals surface area contributed by atoms with Crippen LogP contribution in [0.4, 0.5) is 0 Å². The van der Waals surface area contributed by atoms with Gasteiger partial charge in [0.25, 0.3) is 0 Å². The maximum Gasteiger partial charge on any atom is 0.247 e. The molecule has 0 aromatic heterocycles. The fraction of sp³-hybridized carbons (Fsp3) is 0.909. The van der Waals surface area contributed by atoms with Crippen molar-refractivity contribution in [1.82, 2.24) is 9.79 Å². The van der Waals surface area contributed by atoms with E-state index in [2.05, 4.69) is 5.48 Å². The van der Waals surface area contributed by atoms with E-state index >= 15 is 0 Å². The summed E-state index contributed by atoms with van der Waals surface area (Å²) in [6.07, 6.45) is 2.57. The summed E-state index contributed by atoms with van der Waals surface area (Å²) in [6, 6.07) is 0. The Morgan fingerprint density at radius 3 is 2.72 bits per heavy atom. The number of sulfonamides is 1. The lowest BCUT2D eigenvalue weighted by Crippen LogP contribution is -2.45. The first kappa shape index (κ1) is 15.4. The van der Waals surface area contributed by atoms with Gasteiger partial charge in [0.15, 0.2) is 0 Å². The van der Waals surface area contributed by atoms with Crippen LogP contribution in [0.25, 0.3) is 0 Å². The number of hydrogen-bond acceptors (Lipinski definition) is 4. The van der Waals surface area contributed by atoms with E-state index in [1.54, 1.807) is 0 Å². The topological polar surface area (TPSA) is 75.7 Å². The first-order valence-corrected chi connectivity index (χ1v) is 8.02. The smallest absolute Gasteiger partial charge is 0.247 e. The van der Waals surface area contributed by atoms with Gasteiger partial charge in [0.05, 0.1) is 18.8 Å². The van der Waals surface area contributed by atoms with Crippen molar-refractivity contribution in [2.75, 3.05) is 26.0 Å². The molecule has 1 amide bonds. The van der Waals surface area contributed by atoms with Gasteiger partial charge in [-0.25, -0.2) is 18.2 Å². The molecule has 1 aliphatic rings. The lowest BCUT2D eigenvalue weighted by atomic mass is 9.99. The lowest BCUT2D eigenvalue weighted by molar-refractivity contribution is -0.139. The highest BCUT2D eigenvalue weighted by Crippen LogP contribution is 2.18. The first-order chi connectivity index (χ1) is 8.30. The van der Waals surface area contributed by atoms with E-state index in [9.17, 15) is 13.2 Å². The van der Waals surface area contributed by atoms with E-state index in [4.69, 9.17) is 4.84 Å². The Labute approximate surface area is 109 Å². The van der Waals surface area contributed by atoms with E-state index in [-0.39, 0.29) is 18.4 Å². The van der Waals surface area contributed by atoms with Crippen LogP contribution < -0.4 is 5.48 Å². The maximum atomic E-state index is 11.8. The molecule has 1 heterocycles. The second kappa shape index (κ2) is 6.49. The lowest BCUT2D eigenvalue weighted by Gasteiger charge is -2.29. The zero-order valence-corrected chi connectivity index (χ0v) is 12.0. The number of hydroxylamine groups is 1. The van der Waals surface area contributed by atoms with Crippen LogP contribution in [0, 0.1) is 11.8 Å². The Kier molecular flexibility index (Phi) is 5.55. The summed E-state index contributed by atoms with van der Waals surface area (Å²) in [7, 11) is -3.21. The van der Waals surface area contributed by atoms with Gasteiger partial charge in [0, 0.05) is 13.1 Å². The quantitative estimate of drug-likeness (QED) is 0.737. The molecule has 7 heteroatoms. The van der Waals surface area contributed by atoms with E-state index < -0.39 is 10.0 Å². The Hall–Kier alpha value is -0.660. The van der Waals surface area contributed by atoms with Gasteiger partial charge in [-0.15, -0.1) is 0 Å². The van der Waals surface area contributed by atoms with E-state index in [1.807, 2.05) is 13.8 Å². The fourth-order valence-corrected chi connectivity index (χ4v) is 2.73. The molecule has 0 saturated carbocycles. The number of piperidine rings is 1. The van der Waals surface area contributed by atoms with Crippen molar-refractivity contribution in [2.24, 2.45) is 11.8 Å². The Morgan fingerprint density at radius 1 is 1.50 bits per heavy atom. The summed E-state index contributed by atoms with van der Waals surface area (Å²) in [5, 5.41) is 0. The molecule has 1 fully saturated rings. The van der Waals surface area contributed by atoms with Gasteiger partial charge in [-0.2, -0.15) is 0 Å². The van der Waals surface area contributed by atoms with Crippen molar-refractivity contribution < 1.29 is 18.0 Å². The van der Waals surface area contributed by atoms with Gasteiger partial charge >= 0.3 is 0 Å². The van der Waals surface area contributed by atoms with Crippen molar-refractivity contribution in [3.05, 3.63) is 0 Å². The third-order valence-corrected chi connectivity index (χ3v) is 4.08. The van der Waals surface area contributed by atoms with Crippen LogP contribution in [0.1, 0.15) is 26.7 Å². The van der Waals surface area contributed by atoms with Gasteiger partial charge in [-0.3, -0.25) is 9.63 Å². The highest BCUT2D eigenvalue weighted by molar-refractivity contribution is 7.88. The summed E-state index contributed by atoms with van der Waals surface area (Å²) in [6.45, 7) is 5.16. The molecule has 106 valence electrons. The number of hydrogen-bond donors (Lipinski definition) is 1. The predicted octanol–water partition coefficient (Wildman–Crippen LogP) is 0.362. The third-order valence-electron chi connectivity index (χ3n) is 2.81. The van der Waals surface area contributed by atoms with Crippen LogP contribution >= 0.6 is 0 Å². The van der Waals surface area contributed by atoms with Crippen LogP contribution in [0.15, 0.2) is 0 Å². The molecule has 0 radical (unpaired) electrons. The molecule has 6 nitrogen and oxygen atoms in total. The average Bonchev–Trinajstić information content (AvgIpc) is 2.27. The SMILES string of the molecule is CC(C)CONC(=O)C1CCCN(S(C)(=O)=O)C1. The molecule has 0 aromatic rings. The number of carbonyl (C=O) groups excluding carboxylic acids is 1. The second-order valence-electron chi connectivity index (χ2n) is 5.13. The molecule has 1 aliphatic heterocycles. The normalized spacial score (nSPS) is 22.1. The van der Waals surface area contributed by atoms with Crippen molar-refractivity contribution in [2.45, 2.75) is 26.7 Å². The van der Waals surface area contributed by atoms with Gasteiger partial charge < -0.3 is 0 Å². The van der Waals surface area contributed by atoms with Gasteiger partial charge in [0.2, 0.25) is 15.9 Å². The molecule has 0 aromatic carbocycles. The van der Waals surface area contributed by atoms with Gasteiger partial charge in [0.1, 0.15) is 0 Å². The van der Waals surface area contributed by atoms with E-state index in [0.717, 1.165) is 0 Å². The minimum atomic E-state index is -3.21. The fourth-order valence-electron chi connectivity index (χ4n) is 1.82. The molecule has 1 unspecified atom stereocenters. The molecule has 1 rings (SSSR count). The van der Waals surface area contributed by atoms with Crippen molar-refractivity contribution in [3.8, 4) is 0 Å². The number of carbonyl (C=O) groups is 1. The van der Waals surface area contributed by atoms with Crippen molar-refractivity contribution in [3.63, 3.8) is 0 Å². The highest BCUT2D eigenvalue weighted by atomic mass is 32.2. The molecular formula is C11H22N2O4S. The van der Waals surface area contributed by atoms with Crippen LogP contribution in [0.5, 0.6) is 0 Å². The minimum absolute atomic E-state index is 0.232. The average molecular weight is 278 g/mol. The van der Waals surface area contributed by atoms with E-state index in [0.29, 0.717) is 31.9 Å². The molecule has 1 atom stereocenters. The predicted molar refractivity (Wildman–Crippen MR) is 68.1 cm³/mol. The molecule has 0 bridgehead atoms. The highest BCUT2D eigenvalue weighted by Gasteiger charge is 2.30. The van der Waals surface area contributed by atoms with E-state index in [1.165, 1.54) is 10.6 Å². The molecule has 0 aliphatic carbocycles. The summed E-state index contributed by atoms with van der Waals surface area (Å²) in [5.41, 5.74) is 2.40. The zero-order valence-electron chi connectivity index (χ0n) is 11.2. The van der Waals surface area contributed by atoms with Crippen LogP contribution in [0.3, 0.4) is 0 Å². The minimum Gasteiger partial charge on any atom is -0.273 e. The zero-order chi connectivity index (χ0) is 13.8. The largest absolute Gasteiger partial charge is 0.273 e. The Balaban J connectivity index is 2.44. The second-order valence-corrected chi connectivity index (χ2v) is 7.11. The van der Waals surface area contributed by atoms with Gasteiger partial charge in [-0.1, -0.05) is 13.8 Å². The Morgan fingerprint density at radius 2 is 2.17 bits per heavy atom. The maximum absolute atomic E-state index is 11.8. The molecule has 1 N–H and O–H groups in total. The van der Waals surface area contributed by atoms with Gasteiger partial charge in [-0.05, 0) is 18.8 Å². The number of nitrogens with one attached hydrogen (secondary N) is 1. The number of rotatable bonds is 5. The van der Waals surface area contributed by atoms with Crippen molar-refractivity contribution in [1.29, 1.82) is 0 Å². The third kappa shape index (κ3) is 4.91. The summed E-state index contributed by atoms with van der Waals surface area (Å²) >= 11 is 0. The molecule has 1 saturated heterocycles. The first-order valence-electron chi connectivity index (χ1n) is 6.17. The standard InChI is InChI=1S/C11H22N2O4S/c1-9(2)8-17-12-11(14)10-5-4-6-13(7-10)18(3,15)16/h9-10H,4-8H2,1-3H3,(H,12,14). The summed E-state index contributed by atoms with van der Waals surface area (Å²) < 4.78 is 24.2. The summed E-state index contributed by atoms with van der Waals surface area (Å²) in [5.74, 6) is -0.214. The monoisotopic (exact) mass is 278 g/mol. The van der Waals surface area contributed by atoms with Crippen LogP contribution in [0.2, 0.25) is 0 Å². The van der Waals surface area contributed by atoms with Crippen LogP contribution in [-0.2, 0) is 19.7 Å². The van der Waals surface area contributed by atoms with Crippen molar-refractivity contribution >= 4 is 15.9 Å². The molecule has 0 spiro atoms. The number of amides is 1. The van der Waals surface area contributed by atoms with Crippen LogP contribution in [-0.4, -0.2) is 44.6 Å². The molecular weight excluding hydrogens is 256 g/mol. The number of nitrogens with zero attached hydrogens (tertiary/aromatic N) is 1. The molecule has 18 heavy (non-hydrogen) atoms. The summed E-state index contributed by atoms with van der Waals surface area (Å²) in [4.78, 5) is 16.9.